The molecule has 3 rings (SSSR count). The maximum atomic E-state index is 12.2. The monoisotopic (exact) mass is 361 g/mol. The lowest BCUT2D eigenvalue weighted by Crippen LogP contribution is -2.34. The summed E-state index contributed by atoms with van der Waals surface area (Å²) in [6.45, 7) is 0. The van der Waals surface area contributed by atoms with Gasteiger partial charge < -0.3 is 14.8 Å². The molecule has 2 atom stereocenters. The first-order chi connectivity index (χ1) is 10.7. The van der Waals surface area contributed by atoms with E-state index in [1.54, 1.807) is 14.2 Å². The fourth-order valence-corrected chi connectivity index (χ4v) is 3.49. The zero-order valence-electron chi connectivity index (χ0n) is 12.3. The molecule has 2 aromatic rings. The van der Waals surface area contributed by atoms with Gasteiger partial charge in [-0.1, -0.05) is 40.2 Å². The van der Waals surface area contributed by atoms with E-state index in [-0.39, 0.29) is 16.7 Å². The minimum Gasteiger partial charge on any atom is -0.493 e. The average Bonchev–Trinajstić information content (AvgIpc) is 2.55. The number of benzene rings is 2. The number of anilines is 1. The molecule has 0 unspecified atom stereocenters. The molecular weight excluding hydrogens is 346 g/mol. The number of hydrogen-bond donors (Lipinski definition) is 1. The molecule has 1 aliphatic rings. The van der Waals surface area contributed by atoms with Crippen molar-refractivity contribution < 1.29 is 14.3 Å². The Morgan fingerprint density at radius 3 is 2.50 bits per heavy atom. The molecule has 22 heavy (non-hydrogen) atoms. The Balaban J connectivity index is 2.12. The smallest absolute Gasteiger partial charge is 0.239 e. The van der Waals surface area contributed by atoms with E-state index in [0.29, 0.717) is 11.5 Å². The number of methoxy groups -OCH3 is 2. The van der Waals surface area contributed by atoms with Crippen molar-refractivity contribution in [1.82, 2.24) is 0 Å². The van der Waals surface area contributed by atoms with E-state index in [1.165, 1.54) is 0 Å². The van der Waals surface area contributed by atoms with Crippen LogP contribution in [0.2, 0.25) is 0 Å². The fraction of sp³-hybridized carbons (Fsp3) is 0.235. The molecule has 1 N–H and O–H groups in total. The lowest BCUT2D eigenvalue weighted by Gasteiger charge is -2.30. The highest BCUT2D eigenvalue weighted by Crippen LogP contribution is 2.42. The molecule has 0 aliphatic carbocycles. The zero-order valence-corrected chi connectivity index (χ0v) is 13.9. The minimum absolute atomic E-state index is 0.0431. The van der Waals surface area contributed by atoms with Crippen LogP contribution in [0, 0.1) is 0 Å². The Hall–Kier alpha value is -2.01. The molecular formula is C17H16BrNO3. The third-order valence-corrected chi connectivity index (χ3v) is 4.81. The van der Waals surface area contributed by atoms with Crippen LogP contribution in [0.1, 0.15) is 17.0 Å². The first-order valence-corrected chi connectivity index (χ1v) is 7.83. The quantitative estimate of drug-likeness (QED) is 0.850. The van der Waals surface area contributed by atoms with Crippen molar-refractivity contribution in [2.75, 3.05) is 19.5 Å². The van der Waals surface area contributed by atoms with Crippen LogP contribution in [-0.2, 0) is 4.79 Å². The van der Waals surface area contributed by atoms with E-state index in [0.717, 1.165) is 16.8 Å². The van der Waals surface area contributed by atoms with Gasteiger partial charge in [0.25, 0.3) is 0 Å². The minimum atomic E-state index is -0.333. The van der Waals surface area contributed by atoms with Crippen LogP contribution in [0.25, 0.3) is 0 Å². The Morgan fingerprint density at radius 1 is 1.05 bits per heavy atom. The summed E-state index contributed by atoms with van der Waals surface area (Å²) in [5.74, 6) is 1.21. The molecule has 0 fully saturated rings. The highest BCUT2D eigenvalue weighted by atomic mass is 79.9. The summed E-state index contributed by atoms with van der Waals surface area (Å²) in [4.78, 5) is 11.9. The van der Waals surface area contributed by atoms with Gasteiger partial charge in [0, 0.05) is 11.6 Å². The third-order valence-electron chi connectivity index (χ3n) is 3.86. The molecule has 0 bridgehead atoms. The molecule has 0 saturated heterocycles. The maximum absolute atomic E-state index is 12.2. The molecule has 1 amide bonds. The Morgan fingerprint density at radius 2 is 1.77 bits per heavy atom. The highest BCUT2D eigenvalue weighted by molar-refractivity contribution is 9.10. The van der Waals surface area contributed by atoms with Crippen molar-refractivity contribution in [3.8, 4) is 11.5 Å². The van der Waals surface area contributed by atoms with Crippen LogP contribution >= 0.6 is 15.9 Å². The average molecular weight is 362 g/mol. The van der Waals surface area contributed by atoms with Crippen LogP contribution in [0.15, 0.2) is 42.5 Å². The van der Waals surface area contributed by atoms with E-state index in [1.807, 2.05) is 42.5 Å². The topological polar surface area (TPSA) is 47.6 Å². The molecule has 5 heteroatoms. The van der Waals surface area contributed by atoms with Gasteiger partial charge in [0.2, 0.25) is 5.91 Å². The summed E-state index contributed by atoms with van der Waals surface area (Å²) in [5, 5.41) is 2.92. The largest absolute Gasteiger partial charge is 0.493 e. The number of nitrogens with one attached hydrogen (secondary N) is 1. The van der Waals surface area contributed by atoms with Gasteiger partial charge in [-0.05, 0) is 29.3 Å². The maximum Gasteiger partial charge on any atom is 0.239 e. The summed E-state index contributed by atoms with van der Waals surface area (Å²) in [5.41, 5.74) is 2.93. The SMILES string of the molecule is COc1ccc([C@@H]2c3ccccc3NC(=O)[C@H]2Br)cc1OC. The molecule has 0 saturated carbocycles. The zero-order chi connectivity index (χ0) is 15.7. The number of carbonyl (C=O) groups is 1. The third kappa shape index (κ3) is 2.46. The normalized spacial score (nSPS) is 20.0. The number of rotatable bonds is 3. The molecule has 0 aromatic heterocycles. The van der Waals surface area contributed by atoms with Crippen LogP contribution in [0.4, 0.5) is 5.69 Å². The summed E-state index contributed by atoms with van der Waals surface area (Å²) in [6.07, 6.45) is 0. The van der Waals surface area contributed by atoms with Gasteiger partial charge in [0.1, 0.15) is 4.83 Å². The second kappa shape index (κ2) is 6.01. The van der Waals surface area contributed by atoms with E-state index < -0.39 is 0 Å². The summed E-state index contributed by atoms with van der Waals surface area (Å²) < 4.78 is 10.7. The number of hydrogen-bond acceptors (Lipinski definition) is 3. The van der Waals surface area contributed by atoms with E-state index in [9.17, 15) is 4.79 Å². The summed E-state index contributed by atoms with van der Waals surface area (Å²) >= 11 is 3.52. The van der Waals surface area contributed by atoms with Crippen molar-refractivity contribution in [1.29, 1.82) is 0 Å². The number of para-hydroxylation sites is 1. The van der Waals surface area contributed by atoms with Crippen LogP contribution in [0.3, 0.4) is 0 Å². The van der Waals surface area contributed by atoms with Crippen LogP contribution in [0.5, 0.6) is 11.5 Å². The molecule has 4 nitrogen and oxygen atoms in total. The Bertz CT molecular complexity index is 717. The van der Waals surface area contributed by atoms with Crippen molar-refractivity contribution in [2.24, 2.45) is 0 Å². The first kappa shape index (κ1) is 14.9. The van der Waals surface area contributed by atoms with Crippen molar-refractivity contribution in [3.05, 3.63) is 53.6 Å². The van der Waals surface area contributed by atoms with Crippen LogP contribution in [-0.4, -0.2) is 25.0 Å². The predicted octanol–water partition coefficient (Wildman–Crippen LogP) is 3.55. The van der Waals surface area contributed by atoms with Gasteiger partial charge in [0.15, 0.2) is 11.5 Å². The van der Waals surface area contributed by atoms with Crippen molar-refractivity contribution in [3.63, 3.8) is 0 Å². The number of carbonyl (C=O) groups excluding carboxylic acids is 1. The molecule has 1 heterocycles. The number of alkyl halides is 1. The van der Waals surface area contributed by atoms with Crippen molar-refractivity contribution >= 4 is 27.5 Å². The molecule has 2 aromatic carbocycles. The van der Waals surface area contributed by atoms with E-state index >= 15 is 0 Å². The number of amides is 1. The van der Waals surface area contributed by atoms with Gasteiger partial charge in [-0.2, -0.15) is 0 Å². The van der Waals surface area contributed by atoms with E-state index in [2.05, 4.69) is 21.2 Å². The van der Waals surface area contributed by atoms with Gasteiger partial charge in [-0.3, -0.25) is 4.79 Å². The number of fused-ring (bicyclic) bond motifs is 1. The summed E-state index contributed by atoms with van der Waals surface area (Å²) in [6, 6.07) is 13.6. The van der Waals surface area contributed by atoms with Gasteiger partial charge >= 0.3 is 0 Å². The molecule has 114 valence electrons. The van der Waals surface area contributed by atoms with Gasteiger partial charge in [-0.15, -0.1) is 0 Å². The second-order valence-corrected chi connectivity index (χ2v) is 6.06. The molecule has 0 radical (unpaired) electrons. The predicted molar refractivity (Wildman–Crippen MR) is 89.2 cm³/mol. The summed E-state index contributed by atoms with van der Waals surface area (Å²) in [7, 11) is 3.21. The Labute approximate surface area is 137 Å². The number of ether oxygens (including phenoxy) is 2. The standard InChI is InChI=1S/C17H16BrNO3/c1-21-13-8-7-10(9-14(13)22-2)15-11-5-3-4-6-12(11)19-17(20)16(15)18/h3-9,15-16H,1-2H3,(H,19,20)/t15-,16+/m1/s1. The lowest BCUT2D eigenvalue weighted by atomic mass is 9.84. The van der Waals surface area contributed by atoms with Crippen molar-refractivity contribution in [2.45, 2.75) is 10.7 Å². The van der Waals surface area contributed by atoms with Gasteiger partial charge in [-0.25, -0.2) is 0 Å². The van der Waals surface area contributed by atoms with Crippen LogP contribution < -0.4 is 14.8 Å². The molecule has 1 aliphatic heterocycles. The second-order valence-electron chi connectivity index (χ2n) is 5.07. The van der Waals surface area contributed by atoms with E-state index in [4.69, 9.17) is 9.47 Å². The highest BCUT2D eigenvalue weighted by Gasteiger charge is 2.35. The fourth-order valence-electron chi connectivity index (χ4n) is 2.79. The first-order valence-electron chi connectivity index (χ1n) is 6.91. The Kier molecular flexibility index (Phi) is 4.07. The lowest BCUT2D eigenvalue weighted by molar-refractivity contribution is -0.116. The number of halogens is 1. The van der Waals surface area contributed by atoms with Gasteiger partial charge in [0.05, 0.1) is 14.2 Å². The molecule has 0 spiro atoms.